The first-order chi connectivity index (χ1) is 22.4. The van der Waals surface area contributed by atoms with Gasteiger partial charge in [-0.15, -0.1) is 22.7 Å². The molecule has 2 aromatic heterocycles. The monoisotopic (exact) mass is 665 g/mol. The second-order valence-corrected chi connectivity index (χ2v) is 13.7. The van der Waals surface area contributed by atoms with Crippen LogP contribution in [0.3, 0.4) is 0 Å². The van der Waals surface area contributed by atoms with Gasteiger partial charge in [0.05, 0.1) is 9.06 Å². The van der Waals surface area contributed by atoms with Crippen molar-refractivity contribution in [3.63, 3.8) is 0 Å². The summed E-state index contributed by atoms with van der Waals surface area (Å²) in [5.74, 6) is 0.737. The maximum Gasteiger partial charge on any atom is 0.0527 e. The molecule has 0 nitrogen and oxygen atoms in total. The predicted molar refractivity (Wildman–Crippen MR) is 220 cm³/mol. The van der Waals surface area contributed by atoms with Crippen molar-refractivity contribution in [2.75, 3.05) is 0 Å². The smallest absolute Gasteiger partial charge is 0.0527 e. The normalized spacial score (nSPS) is 11.7. The van der Waals surface area contributed by atoms with Crippen LogP contribution in [-0.2, 0) is 12.8 Å². The zero-order valence-corrected chi connectivity index (χ0v) is 34.0. The summed E-state index contributed by atoms with van der Waals surface area (Å²) in [7, 11) is 0. The molecule has 0 aliphatic carbocycles. The summed E-state index contributed by atoms with van der Waals surface area (Å²) in [5, 5.41) is 4.98. The lowest BCUT2D eigenvalue weighted by atomic mass is 9.92. The van der Waals surface area contributed by atoms with Crippen molar-refractivity contribution < 1.29 is 0 Å². The second-order valence-electron chi connectivity index (χ2n) is 11.6. The van der Waals surface area contributed by atoms with E-state index >= 15 is 0 Å². The van der Waals surface area contributed by atoms with Gasteiger partial charge in [-0.05, 0) is 82.8 Å². The molecule has 0 fully saturated rings. The first-order valence-corrected chi connectivity index (χ1v) is 20.8. The van der Waals surface area contributed by atoms with E-state index in [4.69, 9.17) is 0 Å². The SMILES string of the molecule is C=c1/c(=c2\sc3cc(CC(C)CCCCCC)c(C)cc3c2=C)sc2cc(CCCCCCCC)ccc12.CC.CC.CC.CC. The van der Waals surface area contributed by atoms with Gasteiger partial charge in [0.1, 0.15) is 0 Å². The quantitative estimate of drug-likeness (QED) is 0.118. The molecule has 0 amide bonds. The number of rotatable bonds is 14. The second kappa shape index (κ2) is 26.1. The van der Waals surface area contributed by atoms with Gasteiger partial charge < -0.3 is 0 Å². The molecule has 2 aromatic carbocycles. The number of unbranched alkanes of at least 4 members (excludes halogenated alkanes) is 8. The summed E-state index contributed by atoms with van der Waals surface area (Å²) in [4.78, 5) is 0. The molecule has 0 radical (unpaired) electrons. The minimum Gasteiger partial charge on any atom is -0.134 e. The Labute approximate surface area is 293 Å². The standard InChI is InChI=1S/C36H48S2.4C2H6/c1-7-9-11-13-14-16-18-29-19-20-31-27(5)35(37-33(31)23-29)36-28(6)32-22-26(4)30(24-34(32)38-36)21-25(3)17-15-12-10-8-2;4*1-2/h19-20,22-25H,5-18,21H2,1-4H3;4*1-2H3/b36-35+;;;;. The van der Waals surface area contributed by atoms with Gasteiger partial charge in [0.15, 0.2) is 0 Å². The number of aryl methyl sites for hydroxylation is 2. The Balaban J connectivity index is 0.00000235. The van der Waals surface area contributed by atoms with Crippen LogP contribution in [-0.4, -0.2) is 0 Å². The number of hydrogen-bond acceptors (Lipinski definition) is 2. The van der Waals surface area contributed by atoms with Gasteiger partial charge in [-0.25, -0.2) is 0 Å². The minimum atomic E-state index is 0.737. The van der Waals surface area contributed by atoms with E-state index in [2.05, 4.69) is 71.2 Å². The molecule has 0 saturated carbocycles. The Hall–Kier alpha value is -1.90. The van der Waals surface area contributed by atoms with Crippen molar-refractivity contribution in [1.29, 1.82) is 0 Å². The summed E-state index contributed by atoms with van der Waals surface area (Å²) < 4.78 is 5.38. The topological polar surface area (TPSA) is 0 Å². The van der Waals surface area contributed by atoms with Gasteiger partial charge in [-0.1, -0.05) is 166 Å². The first kappa shape index (κ1) is 44.1. The zero-order chi connectivity index (χ0) is 35.1. The lowest BCUT2D eigenvalue weighted by molar-refractivity contribution is 0.486. The molecular weight excluding hydrogens is 593 g/mol. The highest BCUT2D eigenvalue weighted by Crippen LogP contribution is 2.28. The molecule has 2 heterocycles. The minimum absolute atomic E-state index is 0.737. The van der Waals surface area contributed by atoms with Crippen molar-refractivity contribution in [2.45, 2.75) is 167 Å². The van der Waals surface area contributed by atoms with Crippen molar-refractivity contribution in [3.8, 4) is 0 Å². The third-order valence-electron chi connectivity index (χ3n) is 8.25. The van der Waals surface area contributed by atoms with Gasteiger partial charge in [-0.2, -0.15) is 0 Å². The number of benzene rings is 2. The third kappa shape index (κ3) is 13.3. The molecule has 2 heteroatoms. The largest absolute Gasteiger partial charge is 0.134 e. The number of hydrogen-bond donors (Lipinski definition) is 0. The molecule has 1 atom stereocenters. The molecule has 4 aromatic rings. The first-order valence-electron chi connectivity index (χ1n) is 19.2. The Morgan fingerprint density at radius 2 is 1.11 bits per heavy atom. The average molecular weight is 665 g/mol. The highest BCUT2D eigenvalue weighted by atomic mass is 32.1. The maximum absolute atomic E-state index is 4.56. The Bertz CT molecular complexity index is 1540. The third-order valence-corrected chi connectivity index (χ3v) is 10.8. The Morgan fingerprint density at radius 3 is 1.70 bits per heavy atom. The summed E-state index contributed by atoms with van der Waals surface area (Å²) >= 11 is 3.83. The Kier molecular flexibility index (Phi) is 25.0. The predicted octanol–water partition coefficient (Wildman–Crippen LogP) is 14.7. The molecule has 0 aliphatic heterocycles. The molecule has 0 N–H and O–H groups in total. The fourth-order valence-corrected chi connectivity index (χ4v) is 8.38. The highest BCUT2D eigenvalue weighted by molar-refractivity contribution is 7.20. The summed E-state index contributed by atoms with van der Waals surface area (Å²) in [6.07, 6.45) is 17.2. The summed E-state index contributed by atoms with van der Waals surface area (Å²) in [6, 6.07) is 11.9. The van der Waals surface area contributed by atoms with Gasteiger partial charge in [0, 0.05) is 14.8 Å². The van der Waals surface area contributed by atoms with Gasteiger partial charge in [0.25, 0.3) is 0 Å². The van der Waals surface area contributed by atoms with Crippen LogP contribution >= 0.6 is 22.7 Å². The van der Waals surface area contributed by atoms with E-state index < -0.39 is 0 Å². The highest BCUT2D eigenvalue weighted by Gasteiger charge is 2.11. The molecule has 1 unspecified atom stereocenters. The lowest BCUT2D eigenvalue weighted by Crippen LogP contribution is -2.03. The average Bonchev–Trinajstić information content (AvgIpc) is 3.59. The summed E-state index contributed by atoms with van der Waals surface area (Å²) in [6.45, 7) is 34.4. The van der Waals surface area contributed by atoms with Gasteiger partial charge in [-0.3, -0.25) is 0 Å². The van der Waals surface area contributed by atoms with Crippen LogP contribution in [0.25, 0.3) is 33.3 Å². The maximum atomic E-state index is 4.56. The van der Waals surface area contributed by atoms with E-state index in [1.165, 1.54) is 140 Å². The van der Waals surface area contributed by atoms with Crippen molar-refractivity contribution >= 4 is 56.0 Å². The fraction of sp³-hybridized carbons (Fsp3) is 0.591. The number of fused-ring (bicyclic) bond motifs is 2. The van der Waals surface area contributed by atoms with Crippen LogP contribution in [0.5, 0.6) is 0 Å². The van der Waals surface area contributed by atoms with Crippen LogP contribution in [0, 0.1) is 21.9 Å². The molecule has 0 spiro atoms. The number of thiophene rings is 2. The molecule has 4 rings (SSSR count). The molecule has 46 heavy (non-hydrogen) atoms. The zero-order valence-electron chi connectivity index (χ0n) is 32.4. The Morgan fingerprint density at radius 1 is 0.609 bits per heavy atom. The van der Waals surface area contributed by atoms with E-state index in [1.807, 2.05) is 78.1 Å². The lowest BCUT2D eigenvalue weighted by Gasteiger charge is -2.13. The van der Waals surface area contributed by atoms with E-state index in [0.717, 1.165) is 5.92 Å². The molecule has 0 bridgehead atoms. The van der Waals surface area contributed by atoms with Crippen LogP contribution in [0.15, 0.2) is 30.3 Å². The van der Waals surface area contributed by atoms with Crippen LogP contribution in [0.4, 0.5) is 0 Å². The molecule has 260 valence electrons. The van der Waals surface area contributed by atoms with Gasteiger partial charge >= 0.3 is 0 Å². The molecular formula is C44H72S2. The summed E-state index contributed by atoms with van der Waals surface area (Å²) in [5.41, 5.74) is 4.40. The van der Waals surface area contributed by atoms with Crippen LogP contribution < -0.4 is 10.4 Å². The van der Waals surface area contributed by atoms with E-state index in [1.54, 1.807) is 0 Å². The van der Waals surface area contributed by atoms with Crippen molar-refractivity contribution in [3.05, 3.63) is 66.5 Å². The van der Waals surface area contributed by atoms with Crippen LogP contribution in [0.2, 0.25) is 0 Å². The van der Waals surface area contributed by atoms with E-state index in [-0.39, 0.29) is 0 Å². The van der Waals surface area contributed by atoms with Crippen LogP contribution in [0.1, 0.15) is 163 Å². The molecule has 0 saturated heterocycles. The van der Waals surface area contributed by atoms with Crippen molar-refractivity contribution in [2.24, 2.45) is 5.92 Å². The van der Waals surface area contributed by atoms with E-state index in [0.29, 0.717) is 0 Å². The fourth-order valence-electron chi connectivity index (χ4n) is 5.79. The van der Waals surface area contributed by atoms with Crippen molar-refractivity contribution in [1.82, 2.24) is 0 Å². The molecule has 0 aliphatic rings. The van der Waals surface area contributed by atoms with E-state index in [9.17, 15) is 0 Å². The van der Waals surface area contributed by atoms with Gasteiger partial charge in [0.2, 0.25) is 0 Å².